The average molecular weight is 685 g/mol. The van der Waals surface area contributed by atoms with E-state index in [1.807, 2.05) is 6.92 Å². The maximum Gasteiger partial charge on any atom is 0.347 e. The smallest absolute Gasteiger partial charge is 0.347 e. The Balaban J connectivity index is 1.64. The van der Waals surface area contributed by atoms with Crippen molar-refractivity contribution in [3.8, 4) is 0 Å². The van der Waals surface area contributed by atoms with E-state index in [2.05, 4.69) is 0 Å². The Morgan fingerprint density at radius 1 is 1.02 bits per heavy atom. The van der Waals surface area contributed by atoms with Crippen molar-refractivity contribution in [1.29, 1.82) is 0 Å². The predicted octanol–water partition coefficient (Wildman–Crippen LogP) is 3.97. The summed E-state index contributed by atoms with van der Waals surface area (Å²) in [6.45, 7) is 12.6. The summed E-state index contributed by atoms with van der Waals surface area (Å²) in [5.41, 5.74) is -6.32. The number of furan rings is 1. The predicted molar refractivity (Wildman–Crippen MR) is 166 cm³/mol. The molecule has 3 saturated carbocycles. The van der Waals surface area contributed by atoms with Crippen LogP contribution in [0, 0.1) is 34.0 Å². The Bertz CT molecular complexity index is 1640. The number of esters is 5. The Morgan fingerprint density at radius 2 is 1.71 bits per heavy atom. The maximum absolute atomic E-state index is 15.5. The fourth-order valence-electron chi connectivity index (χ4n) is 10.6. The summed E-state index contributed by atoms with van der Waals surface area (Å²) in [6.07, 6.45) is 0.359. The standard InChI is InChI=1S/C36H44O13/c1-10-17(2)27(40)47-30-32(5,6)25(24(28(41)43-9)45-18(3)37)34(8)21-11-13-33(7)22(15-23(39)46-26(33)20-12-14-44-16-20)35(21)31(49-35)36(30,29(34)42)48-19(4)38/h10,12,14,16,21-22,24-26,30-31H,11,13,15H2,1-9H3/b17-10+/t21-,22-,24-,25+,26+,30+,31+,33-,34-,35-,36+/m1/s1. The van der Waals surface area contributed by atoms with Crippen LogP contribution in [-0.4, -0.2) is 72.3 Å². The van der Waals surface area contributed by atoms with Crippen LogP contribution >= 0.6 is 0 Å². The number of fused-ring (bicyclic) bond motifs is 5. The van der Waals surface area contributed by atoms with Crippen LogP contribution in [0.2, 0.25) is 0 Å². The molecular weight excluding hydrogens is 640 g/mol. The van der Waals surface area contributed by atoms with Crippen LogP contribution in [0.3, 0.4) is 0 Å². The van der Waals surface area contributed by atoms with Crippen LogP contribution in [0.5, 0.6) is 0 Å². The Labute approximate surface area is 284 Å². The second-order valence-corrected chi connectivity index (χ2v) is 15.2. The van der Waals surface area contributed by atoms with Gasteiger partial charge in [0.1, 0.15) is 17.8 Å². The first kappa shape index (κ1) is 34.8. The van der Waals surface area contributed by atoms with E-state index in [1.165, 1.54) is 12.5 Å². The van der Waals surface area contributed by atoms with E-state index < -0.39 is 105 Å². The van der Waals surface area contributed by atoms with Crippen molar-refractivity contribution >= 4 is 35.6 Å². The lowest BCUT2D eigenvalue weighted by atomic mass is 9.36. The van der Waals surface area contributed by atoms with E-state index in [0.29, 0.717) is 18.4 Å². The van der Waals surface area contributed by atoms with E-state index >= 15 is 4.79 Å². The molecule has 6 rings (SSSR count). The van der Waals surface area contributed by atoms with Gasteiger partial charge in [-0.05, 0) is 32.8 Å². The number of rotatable bonds is 7. The van der Waals surface area contributed by atoms with Gasteiger partial charge in [0.2, 0.25) is 11.7 Å². The van der Waals surface area contributed by atoms with Gasteiger partial charge < -0.3 is 32.8 Å². The molecule has 13 nitrogen and oxygen atoms in total. The van der Waals surface area contributed by atoms with Gasteiger partial charge in [-0.15, -0.1) is 0 Å². The van der Waals surface area contributed by atoms with Gasteiger partial charge in [-0.2, -0.15) is 0 Å². The van der Waals surface area contributed by atoms with E-state index in [-0.39, 0.29) is 12.0 Å². The van der Waals surface area contributed by atoms with Gasteiger partial charge in [-0.25, -0.2) is 9.59 Å². The lowest BCUT2D eigenvalue weighted by molar-refractivity contribution is -0.266. The van der Waals surface area contributed by atoms with Crippen LogP contribution in [0.1, 0.15) is 86.3 Å². The normalized spacial score (nSPS) is 40.7. The minimum Gasteiger partial charge on any atom is -0.472 e. The largest absolute Gasteiger partial charge is 0.472 e. The highest BCUT2D eigenvalue weighted by molar-refractivity contribution is 6.01. The van der Waals surface area contributed by atoms with Gasteiger partial charge in [0.05, 0.1) is 26.1 Å². The SMILES string of the molecule is C/C=C(\C)C(=O)O[C@H]1C(C)(C)[C@H]([C@@H](OC(C)=O)C(=O)OC)[C@]2(C)C(=O)[C@@]1(OC(C)=O)[C@H]1O[C@]13[C@@H]1CC(=O)O[C@@H](c4ccoc4)[C@]1(C)CC[C@H]23. The van der Waals surface area contributed by atoms with Gasteiger partial charge in [-0.1, -0.05) is 33.8 Å². The van der Waals surface area contributed by atoms with Gasteiger partial charge in [0.25, 0.3) is 0 Å². The van der Waals surface area contributed by atoms with Crippen molar-refractivity contribution in [2.75, 3.05) is 7.11 Å². The molecule has 1 aromatic heterocycles. The average Bonchev–Trinajstić information content (AvgIpc) is 3.51. The topological polar surface area (TPSA) is 174 Å². The van der Waals surface area contributed by atoms with E-state index in [9.17, 15) is 24.0 Å². The number of hydrogen-bond acceptors (Lipinski definition) is 13. The monoisotopic (exact) mass is 684 g/mol. The second kappa shape index (κ2) is 11.3. The van der Waals surface area contributed by atoms with Crippen LogP contribution in [-0.2, 0) is 57.2 Å². The minimum atomic E-state index is -2.19. The summed E-state index contributed by atoms with van der Waals surface area (Å²) >= 11 is 0. The number of carbonyl (C=O) groups is 6. The van der Waals surface area contributed by atoms with Crippen molar-refractivity contribution in [3.05, 3.63) is 35.8 Å². The summed E-state index contributed by atoms with van der Waals surface area (Å²) in [7, 11) is 1.15. The summed E-state index contributed by atoms with van der Waals surface area (Å²) in [5.74, 6) is -6.81. The van der Waals surface area contributed by atoms with E-state index in [0.717, 1.165) is 21.0 Å². The number of ether oxygens (including phenoxy) is 6. The molecule has 1 spiro atoms. The molecule has 3 aliphatic carbocycles. The summed E-state index contributed by atoms with van der Waals surface area (Å²) in [6, 6.07) is 1.74. The molecule has 2 bridgehead atoms. The highest BCUT2D eigenvalue weighted by atomic mass is 16.7. The van der Waals surface area contributed by atoms with Gasteiger partial charge in [0.15, 0.2) is 11.9 Å². The Kier molecular flexibility index (Phi) is 8.01. The third kappa shape index (κ3) is 4.52. The van der Waals surface area contributed by atoms with Gasteiger partial charge in [0, 0.05) is 59.0 Å². The number of allylic oxidation sites excluding steroid dienone is 1. The summed E-state index contributed by atoms with van der Waals surface area (Å²) < 4.78 is 41.4. The van der Waals surface area contributed by atoms with Crippen molar-refractivity contribution < 1.29 is 61.6 Å². The third-order valence-electron chi connectivity index (χ3n) is 12.4. The first-order valence-electron chi connectivity index (χ1n) is 16.6. The molecule has 0 amide bonds. The molecule has 3 heterocycles. The van der Waals surface area contributed by atoms with Crippen molar-refractivity contribution in [2.45, 2.75) is 110 Å². The van der Waals surface area contributed by atoms with Crippen LogP contribution < -0.4 is 0 Å². The number of Topliss-reactive ketones (excluding diaryl/α,β-unsaturated/α-hetero) is 1. The van der Waals surface area contributed by atoms with Crippen LogP contribution in [0.25, 0.3) is 0 Å². The molecule has 1 aromatic rings. The number of cyclic esters (lactones) is 1. The number of methoxy groups -OCH3 is 1. The fourth-order valence-corrected chi connectivity index (χ4v) is 10.6. The highest BCUT2D eigenvalue weighted by Gasteiger charge is 2.93. The third-order valence-corrected chi connectivity index (χ3v) is 12.4. The number of carbonyl (C=O) groups excluding carboxylic acids is 6. The lowest BCUT2D eigenvalue weighted by Crippen LogP contribution is -2.82. The van der Waals surface area contributed by atoms with Crippen molar-refractivity contribution in [1.82, 2.24) is 0 Å². The molecule has 0 aromatic carbocycles. The maximum atomic E-state index is 15.5. The van der Waals surface area contributed by atoms with E-state index in [1.54, 1.807) is 46.8 Å². The molecule has 0 N–H and O–H groups in total. The second-order valence-electron chi connectivity index (χ2n) is 15.2. The zero-order chi connectivity index (χ0) is 36.1. The quantitative estimate of drug-likeness (QED) is 0.175. The Hall–Kier alpha value is -4.00. The van der Waals surface area contributed by atoms with Crippen LogP contribution in [0.4, 0.5) is 0 Å². The lowest BCUT2D eigenvalue weighted by Gasteiger charge is -2.67. The Morgan fingerprint density at radius 3 is 2.29 bits per heavy atom. The minimum absolute atomic E-state index is 0.0706. The molecular formula is C36H44O13. The molecule has 2 saturated heterocycles. The van der Waals surface area contributed by atoms with Crippen LogP contribution in [0.15, 0.2) is 34.7 Å². The molecule has 2 aliphatic heterocycles. The van der Waals surface area contributed by atoms with Gasteiger partial charge in [-0.3, -0.25) is 19.2 Å². The molecule has 266 valence electrons. The number of hydrogen-bond donors (Lipinski definition) is 0. The summed E-state index contributed by atoms with van der Waals surface area (Å²) in [4.78, 5) is 81.9. The van der Waals surface area contributed by atoms with Crippen molar-refractivity contribution in [2.24, 2.45) is 34.0 Å². The molecule has 0 unspecified atom stereocenters. The van der Waals surface area contributed by atoms with Crippen molar-refractivity contribution in [3.63, 3.8) is 0 Å². The molecule has 13 heteroatoms. The molecule has 5 aliphatic rings. The van der Waals surface area contributed by atoms with E-state index in [4.69, 9.17) is 32.8 Å². The van der Waals surface area contributed by atoms with Gasteiger partial charge >= 0.3 is 29.8 Å². The fraction of sp³-hybridized carbons (Fsp3) is 0.667. The number of epoxide rings is 1. The molecule has 0 radical (unpaired) electrons. The first-order valence-corrected chi connectivity index (χ1v) is 16.6. The molecule has 5 fully saturated rings. The summed E-state index contributed by atoms with van der Waals surface area (Å²) in [5, 5.41) is 0. The zero-order valence-electron chi connectivity index (χ0n) is 29.3. The highest BCUT2D eigenvalue weighted by Crippen LogP contribution is 2.79. The number of ketones is 1. The molecule has 11 atom stereocenters. The zero-order valence-corrected chi connectivity index (χ0v) is 29.3. The molecule has 49 heavy (non-hydrogen) atoms. The first-order chi connectivity index (χ1) is 22.9.